The summed E-state index contributed by atoms with van der Waals surface area (Å²) in [5.41, 5.74) is 4.35. The Morgan fingerprint density at radius 3 is 2.43 bits per heavy atom. The number of anilines is 4. The second kappa shape index (κ2) is 11.9. The van der Waals surface area contributed by atoms with Crippen LogP contribution in [0, 0.1) is 13.8 Å². The Morgan fingerprint density at radius 1 is 0.886 bits per heavy atom. The summed E-state index contributed by atoms with van der Waals surface area (Å²) in [5, 5.41) is 6.65. The van der Waals surface area contributed by atoms with Gasteiger partial charge in [0.25, 0.3) is 5.91 Å². The maximum Gasteiger partial charge on any atom is 0.416 e. The molecule has 2 N–H and O–H groups in total. The number of carbonyl (C=O) groups is 1. The van der Waals surface area contributed by atoms with Crippen molar-refractivity contribution in [2.45, 2.75) is 20.0 Å². The molecule has 1 aliphatic heterocycles. The van der Waals surface area contributed by atoms with E-state index in [1.165, 1.54) is 6.07 Å². The summed E-state index contributed by atoms with van der Waals surface area (Å²) in [7, 11) is 0. The number of aromatic nitrogens is 4. The van der Waals surface area contributed by atoms with Gasteiger partial charge in [-0.15, -0.1) is 0 Å². The summed E-state index contributed by atoms with van der Waals surface area (Å²) < 4.78 is 46.5. The van der Waals surface area contributed by atoms with E-state index >= 15 is 0 Å². The molecule has 224 valence electrons. The van der Waals surface area contributed by atoms with Crippen molar-refractivity contribution < 1.29 is 22.7 Å². The minimum absolute atomic E-state index is 0.0877. The minimum Gasteiger partial charge on any atom is -0.378 e. The molecular formula is C32H28F3N7O2. The molecule has 0 saturated carbocycles. The van der Waals surface area contributed by atoms with Crippen LogP contribution in [-0.4, -0.2) is 52.1 Å². The van der Waals surface area contributed by atoms with Gasteiger partial charge in [-0.1, -0.05) is 6.07 Å². The van der Waals surface area contributed by atoms with Gasteiger partial charge >= 0.3 is 6.18 Å². The third-order valence-electron chi connectivity index (χ3n) is 7.29. The molecule has 0 atom stereocenters. The van der Waals surface area contributed by atoms with Gasteiger partial charge in [0.1, 0.15) is 0 Å². The van der Waals surface area contributed by atoms with Crippen LogP contribution in [0.15, 0.2) is 73.2 Å². The smallest absolute Gasteiger partial charge is 0.378 e. The third kappa shape index (κ3) is 6.45. The van der Waals surface area contributed by atoms with Crippen molar-refractivity contribution in [2.24, 2.45) is 0 Å². The molecule has 9 nitrogen and oxygen atoms in total. The topological polar surface area (TPSA) is 105 Å². The standard InChI is InChI=1S/C32H28F3N7O2/c1-19-3-5-24(39-30(43)21-11-23(32(33,34)35)14-26(12-21)42-7-9-44-10-8-42)15-27(19)28-13-22-16-38-31(41-29(22)18-37-28)40-25-6-4-20(2)36-17-25/h3-6,11-18H,7-10H2,1-2H3,(H,39,43)(H,38,40,41). The maximum absolute atomic E-state index is 13.7. The van der Waals surface area contributed by atoms with Crippen molar-refractivity contribution in [3.8, 4) is 11.3 Å². The molecule has 6 rings (SSSR count). The Bertz CT molecular complexity index is 1840. The number of aryl methyl sites for hydroxylation is 2. The van der Waals surface area contributed by atoms with E-state index < -0.39 is 17.6 Å². The predicted molar refractivity (Wildman–Crippen MR) is 162 cm³/mol. The fourth-order valence-electron chi connectivity index (χ4n) is 4.90. The number of nitrogens with one attached hydrogen (secondary N) is 2. The lowest BCUT2D eigenvalue weighted by Crippen LogP contribution is -2.36. The van der Waals surface area contributed by atoms with Gasteiger partial charge in [0.15, 0.2) is 0 Å². The highest BCUT2D eigenvalue weighted by molar-refractivity contribution is 6.05. The number of pyridine rings is 2. The molecule has 3 aromatic heterocycles. The van der Waals surface area contributed by atoms with Crippen molar-refractivity contribution in [3.05, 3.63) is 95.6 Å². The van der Waals surface area contributed by atoms with Gasteiger partial charge in [0.2, 0.25) is 5.95 Å². The van der Waals surface area contributed by atoms with Crippen molar-refractivity contribution in [1.82, 2.24) is 19.9 Å². The van der Waals surface area contributed by atoms with E-state index in [4.69, 9.17) is 4.74 Å². The van der Waals surface area contributed by atoms with Crippen molar-refractivity contribution in [2.75, 3.05) is 41.8 Å². The zero-order valence-corrected chi connectivity index (χ0v) is 23.9. The highest BCUT2D eigenvalue weighted by Gasteiger charge is 2.32. The first-order valence-electron chi connectivity index (χ1n) is 13.9. The minimum atomic E-state index is -4.60. The molecule has 44 heavy (non-hydrogen) atoms. The van der Waals surface area contributed by atoms with Crippen LogP contribution < -0.4 is 15.5 Å². The fourth-order valence-corrected chi connectivity index (χ4v) is 4.90. The molecular weight excluding hydrogens is 571 g/mol. The SMILES string of the molecule is Cc1ccc(Nc2ncc3cc(-c4cc(NC(=O)c5cc(N6CCOCC6)cc(C(F)(F)F)c5)ccc4C)ncc3n2)cn1. The molecule has 1 fully saturated rings. The molecule has 0 spiro atoms. The molecule has 1 amide bonds. The number of fused-ring (bicyclic) bond motifs is 1. The number of nitrogens with zero attached hydrogens (tertiary/aromatic N) is 5. The van der Waals surface area contributed by atoms with Crippen LogP contribution in [0.4, 0.5) is 36.2 Å². The second-order valence-corrected chi connectivity index (χ2v) is 10.5. The first-order valence-corrected chi connectivity index (χ1v) is 13.9. The number of benzene rings is 2. The number of hydrogen-bond acceptors (Lipinski definition) is 8. The Morgan fingerprint density at radius 2 is 1.68 bits per heavy atom. The number of amides is 1. The lowest BCUT2D eigenvalue weighted by molar-refractivity contribution is -0.137. The Kier molecular flexibility index (Phi) is 7.83. The van der Waals surface area contributed by atoms with Crippen molar-refractivity contribution in [1.29, 1.82) is 0 Å². The molecule has 4 heterocycles. The highest BCUT2D eigenvalue weighted by Crippen LogP contribution is 2.34. The molecule has 1 saturated heterocycles. The highest BCUT2D eigenvalue weighted by atomic mass is 19.4. The quantitative estimate of drug-likeness (QED) is 0.226. The van der Waals surface area contributed by atoms with Crippen LogP contribution in [0.1, 0.15) is 27.2 Å². The van der Waals surface area contributed by atoms with Crippen LogP contribution >= 0.6 is 0 Å². The molecule has 0 unspecified atom stereocenters. The largest absolute Gasteiger partial charge is 0.416 e. The number of morpholine rings is 1. The molecule has 0 radical (unpaired) electrons. The van der Waals surface area contributed by atoms with Gasteiger partial charge in [0.05, 0.1) is 48.1 Å². The Hall–Kier alpha value is -5.10. The Labute approximate surface area is 251 Å². The zero-order chi connectivity index (χ0) is 30.8. The fraction of sp³-hybridized carbons (Fsp3) is 0.219. The van der Waals surface area contributed by atoms with E-state index in [-0.39, 0.29) is 5.56 Å². The van der Waals surface area contributed by atoms with Crippen LogP contribution in [0.5, 0.6) is 0 Å². The summed E-state index contributed by atoms with van der Waals surface area (Å²) in [6.07, 6.45) is 0.437. The number of rotatable bonds is 6. The van der Waals surface area contributed by atoms with Gasteiger partial charge in [-0.25, -0.2) is 9.97 Å². The van der Waals surface area contributed by atoms with E-state index in [2.05, 4.69) is 30.6 Å². The summed E-state index contributed by atoms with van der Waals surface area (Å²) >= 11 is 0. The summed E-state index contributed by atoms with van der Waals surface area (Å²) in [4.78, 5) is 32.9. The second-order valence-electron chi connectivity index (χ2n) is 10.5. The number of alkyl halides is 3. The summed E-state index contributed by atoms with van der Waals surface area (Å²) in [6.45, 7) is 5.51. The number of carbonyl (C=O) groups excluding carboxylic acids is 1. The first kappa shape index (κ1) is 29.0. The van der Waals surface area contributed by atoms with Crippen LogP contribution in [0.2, 0.25) is 0 Å². The van der Waals surface area contributed by atoms with E-state index in [0.717, 1.165) is 40.0 Å². The van der Waals surface area contributed by atoms with Crippen LogP contribution in [-0.2, 0) is 10.9 Å². The van der Waals surface area contributed by atoms with Gasteiger partial charge < -0.3 is 20.3 Å². The van der Waals surface area contributed by atoms with Crippen LogP contribution in [0.25, 0.3) is 22.2 Å². The number of ether oxygens (including phenoxy) is 1. The van der Waals surface area contributed by atoms with E-state index in [1.807, 2.05) is 38.1 Å². The van der Waals surface area contributed by atoms with E-state index in [9.17, 15) is 18.0 Å². The summed E-state index contributed by atoms with van der Waals surface area (Å²) in [5.74, 6) is -0.242. The number of hydrogen-bond donors (Lipinski definition) is 2. The molecule has 5 aromatic rings. The molecule has 1 aliphatic rings. The third-order valence-corrected chi connectivity index (χ3v) is 7.29. The Balaban J connectivity index is 1.25. The van der Waals surface area contributed by atoms with E-state index in [1.54, 1.807) is 35.6 Å². The summed E-state index contributed by atoms with van der Waals surface area (Å²) in [6, 6.07) is 14.3. The van der Waals surface area contributed by atoms with Gasteiger partial charge in [-0.3, -0.25) is 14.8 Å². The normalized spacial score (nSPS) is 13.6. The first-order chi connectivity index (χ1) is 21.1. The average Bonchev–Trinajstić information content (AvgIpc) is 3.02. The van der Waals surface area contributed by atoms with Crippen molar-refractivity contribution in [3.63, 3.8) is 0 Å². The van der Waals surface area contributed by atoms with E-state index in [0.29, 0.717) is 54.8 Å². The molecule has 2 aromatic carbocycles. The lowest BCUT2D eigenvalue weighted by Gasteiger charge is -2.29. The monoisotopic (exact) mass is 599 g/mol. The van der Waals surface area contributed by atoms with Gasteiger partial charge in [-0.05, 0) is 67.9 Å². The molecule has 12 heteroatoms. The lowest BCUT2D eigenvalue weighted by atomic mass is 10.0. The van der Waals surface area contributed by atoms with Gasteiger partial charge in [0, 0.05) is 52.9 Å². The zero-order valence-electron chi connectivity index (χ0n) is 23.9. The number of halogens is 3. The predicted octanol–water partition coefficient (Wildman–Crippen LogP) is 6.55. The average molecular weight is 600 g/mol. The van der Waals surface area contributed by atoms with Crippen LogP contribution in [0.3, 0.4) is 0 Å². The molecule has 0 bridgehead atoms. The van der Waals surface area contributed by atoms with Crippen molar-refractivity contribution >= 4 is 39.8 Å². The maximum atomic E-state index is 13.7. The van der Waals surface area contributed by atoms with Gasteiger partial charge in [-0.2, -0.15) is 13.2 Å². The molecule has 0 aliphatic carbocycles.